The summed E-state index contributed by atoms with van der Waals surface area (Å²) in [6.07, 6.45) is 0. The van der Waals surface area contributed by atoms with E-state index in [9.17, 15) is 0 Å². The van der Waals surface area contributed by atoms with E-state index in [0.717, 1.165) is 13.1 Å². The zero-order valence-corrected chi connectivity index (χ0v) is 15.7. The van der Waals surface area contributed by atoms with Crippen LogP contribution in [0.25, 0.3) is 0 Å². The van der Waals surface area contributed by atoms with Gasteiger partial charge in [-0.05, 0) is 36.1 Å². The fourth-order valence-electron chi connectivity index (χ4n) is 3.04. The van der Waals surface area contributed by atoms with Crippen molar-refractivity contribution in [2.75, 3.05) is 0 Å². The second-order valence-electron chi connectivity index (χ2n) is 6.84. The monoisotopic (exact) mass is 344 g/mol. The summed E-state index contributed by atoms with van der Waals surface area (Å²) in [4.78, 5) is 0. The molecule has 0 heterocycles. The molecule has 0 aliphatic heterocycles. The first-order valence-corrected chi connectivity index (χ1v) is 9.37. The van der Waals surface area contributed by atoms with Crippen molar-refractivity contribution in [3.8, 4) is 0 Å². The highest BCUT2D eigenvalue weighted by molar-refractivity contribution is 5.24. The third-order valence-corrected chi connectivity index (χ3v) is 4.85. The molecule has 3 aromatic rings. The topological polar surface area (TPSA) is 24.1 Å². The van der Waals surface area contributed by atoms with Gasteiger partial charge in [0.1, 0.15) is 0 Å². The number of hydrogen-bond acceptors (Lipinski definition) is 2. The maximum absolute atomic E-state index is 3.59. The molecule has 0 amide bonds. The number of hydrogen-bond donors (Lipinski definition) is 2. The van der Waals surface area contributed by atoms with Gasteiger partial charge in [0.15, 0.2) is 0 Å². The maximum Gasteiger partial charge on any atom is 0.0294 e. The first-order chi connectivity index (χ1) is 12.7. The Morgan fingerprint density at radius 3 is 1.23 bits per heavy atom. The molecule has 0 radical (unpaired) electrons. The summed E-state index contributed by atoms with van der Waals surface area (Å²) in [5, 5.41) is 7.18. The molecule has 0 spiro atoms. The predicted molar refractivity (Wildman–Crippen MR) is 110 cm³/mol. The summed E-state index contributed by atoms with van der Waals surface area (Å²) in [7, 11) is 0. The average molecular weight is 345 g/mol. The lowest BCUT2D eigenvalue weighted by atomic mass is 10.1. The molecule has 0 aliphatic carbocycles. The van der Waals surface area contributed by atoms with Gasteiger partial charge in [0.05, 0.1) is 0 Å². The van der Waals surface area contributed by atoms with Gasteiger partial charge in [-0.2, -0.15) is 0 Å². The Balaban J connectivity index is 1.47. The van der Waals surface area contributed by atoms with Crippen molar-refractivity contribution in [3.63, 3.8) is 0 Å². The molecule has 0 unspecified atom stereocenters. The number of rotatable bonds is 8. The van der Waals surface area contributed by atoms with Crippen LogP contribution in [0.2, 0.25) is 0 Å². The van der Waals surface area contributed by atoms with E-state index < -0.39 is 0 Å². The van der Waals surface area contributed by atoms with E-state index in [2.05, 4.69) is 109 Å². The van der Waals surface area contributed by atoms with Crippen LogP contribution in [0.4, 0.5) is 0 Å². The molecule has 2 nitrogen and oxygen atoms in total. The van der Waals surface area contributed by atoms with Crippen molar-refractivity contribution < 1.29 is 0 Å². The molecule has 26 heavy (non-hydrogen) atoms. The Hall–Kier alpha value is -2.42. The normalized spacial score (nSPS) is 13.3. The fraction of sp³-hybridized carbons (Fsp3) is 0.250. The van der Waals surface area contributed by atoms with Crippen LogP contribution in [-0.2, 0) is 13.1 Å². The minimum Gasteiger partial charge on any atom is -0.306 e. The van der Waals surface area contributed by atoms with Gasteiger partial charge in [0.2, 0.25) is 0 Å². The standard InChI is InChI=1S/C24H28N2/c1-19(23-9-5-3-6-10-23)25-17-21-13-15-22(16-14-21)18-26-20(2)24-11-7-4-8-12-24/h3-16,19-20,25-26H,17-18H2,1-2H3/t19-,20-/m0/s1. The van der Waals surface area contributed by atoms with Gasteiger partial charge in [0, 0.05) is 25.2 Å². The predicted octanol–water partition coefficient (Wildman–Crippen LogP) is 5.39. The van der Waals surface area contributed by atoms with Gasteiger partial charge >= 0.3 is 0 Å². The highest BCUT2D eigenvalue weighted by Crippen LogP contribution is 2.14. The maximum atomic E-state index is 3.59. The Morgan fingerprint density at radius 1 is 0.538 bits per heavy atom. The van der Waals surface area contributed by atoms with E-state index in [4.69, 9.17) is 0 Å². The molecule has 0 saturated heterocycles. The highest BCUT2D eigenvalue weighted by Gasteiger charge is 2.05. The van der Waals surface area contributed by atoms with Crippen LogP contribution < -0.4 is 10.6 Å². The molecule has 3 rings (SSSR count). The van der Waals surface area contributed by atoms with Crippen LogP contribution in [0.5, 0.6) is 0 Å². The molecule has 0 saturated carbocycles. The molecule has 2 N–H and O–H groups in total. The lowest BCUT2D eigenvalue weighted by molar-refractivity contribution is 0.570. The lowest BCUT2D eigenvalue weighted by Crippen LogP contribution is -2.19. The molecule has 0 bridgehead atoms. The Bertz CT molecular complexity index is 698. The molecular weight excluding hydrogens is 316 g/mol. The Morgan fingerprint density at radius 2 is 0.885 bits per heavy atom. The summed E-state index contributed by atoms with van der Waals surface area (Å²) in [6, 6.07) is 30.7. The fourth-order valence-corrected chi connectivity index (χ4v) is 3.04. The molecule has 2 heteroatoms. The smallest absolute Gasteiger partial charge is 0.0294 e. The molecule has 3 aromatic carbocycles. The minimum atomic E-state index is 0.351. The molecule has 0 aromatic heterocycles. The van der Waals surface area contributed by atoms with Crippen molar-refractivity contribution in [2.45, 2.75) is 39.0 Å². The molecule has 0 fully saturated rings. The van der Waals surface area contributed by atoms with Crippen LogP contribution >= 0.6 is 0 Å². The van der Waals surface area contributed by atoms with E-state index in [1.54, 1.807) is 0 Å². The van der Waals surface area contributed by atoms with E-state index in [1.807, 2.05) is 0 Å². The van der Waals surface area contributed by atoms with Crippen molar-refractivity contribution in [1.82, 2.24) is 10.6 Å². The third-order valence-electron chi connectivity index (χ3n) is 4.85. The molecule has 134 valence electrons. The summed E-state index contributed by atoms with van der Waals surface area (Å²) < 4.78 is 0. The summed E-state index contributed by atoms with van der Waals surface area (Å²) in [6.45, 7) is 6.17. The number of nitrogens with one attached hydrogen (secondary N) is 2. The Labute approximate surface area is 157 Å². The van der Waals surface area contributed by atoms with Crippen LogP contribution in [0.3, 0.4) is 0 Å². The SMILES string of the molecule is C[C@H](NCc1ccc(CN[C@@H](C)c2ccccc2)cc1)c1ccccc1. The van der Waals surface area contributed by atoms with Crippen LogP contribution in [0, 0.1) is 0 Å². The summed E-state index contributed by atoms with van der Waals surface area (Å²) >= 11 is 0. The minimum absolute atomic E-state index is 0.351. The van der Waals surface area contributed by atoms with Gasteiger partial charge in [0.25, 0.3) is 0 Å². The van der Waals surface area contributed by atoms with Crippen molar-refractivity contribution in [3.05, 3.63) is 107 Å². The van der Waals surface area contributed by atoms with Crippen LogP contribution in [0.1, 0.15) is 48.2 Å². The van der Waals surface area contributed by atoms with Crippen LogP contribution in [0.15, 0.2) is 84.9 Å². The van der Waals surface area contributed by atoms with Gasteiger partial charge in [-0.1, -0.05) is 84.9 Å². The van der Waals surface area contributed by atoms with E-state index in [-0.39, 0.29) is 0 Å². The van der Waals surface area contributed by atoms with Crippen molar-refractivity contribution >= 4 is 0 Å². The van der Waals surface area contributed by atoms with Gasteiger partial charge in [-0.15, -0.1) is 0 Å². The van der Waals surface area contributed by atoms with E-state index in [0.29, 0.717) is 12.1 Å². The van der Waals surface area contributed by atoms with Crippen molar-refractivity contribution in [1.29, 1.82) is 0 Å². The zero-order chi connectivity index (χ0) is 18.2. The first-order valence-electron chi connectivity index (χ1n) is 9.37. The lowest BCUT2D eigenvalue weighted by Gasteiger charge is -2.16. The second kappa shape index (κ2) is 9.33. The van der Waals surface area contributed by atoms with Gasteiger partial charge in [-0.25, -0.2) is 0 Å². The summed E-state index contributed by atoms with van der Waals surface area (Å²) in [5.41, 5.74) is 5.27. The molecular formula is C24H28N2. The largest absolute Gasteiger partial charge is 0.306 e. The zero-order valence-electron chi connectivity index (χ0n) is 15.7. The molecule has 0 aliphatic rings. The average Bonchev–Trinajstić information content (AvgIpc) is 2.72. The third kappa shape index (κ3) is 5.29. The van der Waals surface area contributed by atoms with E-state index in [1.165, 1.54) is 22.3 Å². The van der Waals surface area contributed by atoms with Crippen molar-refractivity contribution in [2.24, 2.45) is 0 Å². The van der Waals surface area contributed by atoms with Crippen LogP contribution in [-0.4, -0.2) is 0 Å². The van der Waals surface area contributed by atoms with E-state index >= 15 is 0 Å². The summed E-state index contributed by atoms with van der Waals surface area (Å²) in [5.74, 6) is 0. The number of benzene rings is 3. The second-order valence-corrected chi connectivity index (χ2v) is 6.84. The molecule has 2 atom stereocenters. The quantitative estimate of drug-likeness (QED) is 0.572. The van der Waals surface area contributed by atoms with Gasteiger partial charge < -0.3 is 10.6 Å². The first kappa shape index (κ1) is 18.4. The van der Waals surface area contributed by atoms with Gasteiger partial charge in [-0.3, -0.25) is 0 Å². The Kier molecular flexibility index (Phi) is 6.59. The highest BCUT2D eigenvalue weighted by atomic mass is 14.9.